The molecule has 6 heteroatoms. The normalized spacial score (nSPS) is 9.00. The predicted octanol–water partition coefficient (Wildman–Crippen LogP) is -0.307. The number of aliphatic hydroxyl groups excluding tert-OH is 1. The average Bonchev–Trinajstić information content (AvgIpc) is 2.03. The Morgan fingerprint density at radius 3 is 2.54 bits per heavy atom. The third-order valence-electron chi connectivity index (χ3n) is 1.04. The summed E-state index contributed by atoms with van der Waals surface area (Å²) in [6.07, 6.45) is -1.06. The minimum absolute atomic E-state index is 0.0374. The molecule has 6 nitrogen and oxygen atoms in total. The van der Waals surface area contributed by atoms with Gasteiger partial charge in [0.15, 0.2) is 0 Å². The van der Waals surface area contributed by atoms with Crippen LogP contribution in [0.2, 0.25) is 0 Å². The van der Waals surface area contributed by atoms with E-state index in [-0.39, 0.29) is 18.9 Å². The van der Waals surface area contributed by atoms with Gasteiger partial charge in [-0.15, -0.1) is 0 Å². The highest BCUT2D eigenvalue weighted by molar-refractivity contribution is 5.91. The van der Waals surface area contributed by atoms with E-state index < -0.39 is 12.1 Å². The Morgan fingerprint density at radius 1 is 1.46 bits per heavy atom. The molecule has 13 heavy (non-hydrogen) atoms. The van der Waals surface area contributed by atoms with Gasteiger partial charge >= 0.3 is 12.1 Å². The highest BCUT2D eigenvalue weighted by atomic mass is 16.5. The van der Waals surface area contributed by atoms with Gasteiger partial charge in [0, 0.05) is 13.0 Å². The number of esters is 1. The van der Waals surface area contributed by atoms with Crippen molar-refractivity contribution >= 4 is 12.1 Å². The number of carbonyl (C=O) groups is 2. The van der Waals surface area contributed by atoms with Crippen LogP contribution in [0.5, 0.6) is 0 Å². The van der Waals surface area contributed by atoms with Gasteiger partial charge in [0.25, 0.3) is 0 Å². The lowest BCUT2D eigenvalue weighted by atomic mass is 10.4. The maximum atomic E-state index is 10.8. The van der Waals surface area contributed by atoms with Crippen molar-refractivity contribution in [1.82, 2.24) is 5.32 Å². The Balaban J connectivity index is 3.70. The molecule has 0 atom stereocenters. The number of hydrogen-bond donors (Lipinski definition) is 3. The van der Waals surface area contributed by atoms with E-state index in [1.165, 1.54) is 0 Å². The molecule has 0 aromatic rings. The Hall–Kier alpha value is -1.56. The Kier molecular flexibility index (Phi) is 5.29. The second-order valence-corrected chi connectivity index (χ2v) is 2.12. The molecule has 0 spiro atoms. The molecule has 0 saturated carbocycles. The van der Waals surface area contributed by atoms with E-state index in [4.69, 9.17) is 10.2 Å². The lowest BCUT2D eigenvalue weighted by Crippen LogP contribution is -2.26. The van der Waals surface area contributed by atoms with Crippen LogP contribution in [0.15, 0.2) is 12.3 Å². The first-order valence-corrected chi connectivity index (χ1v) is 3.54. The Bertz CT molecular complexity index is 213. The van der Waals surface area contributed by atoms with E-state index in [0.29, 0.717) is 6.42 Å². The van der Waals surface area contributed by atoms with Crippen molar-refractivity contribution in [2.45, 2.75) is 6.42 Å². The molecule has 0 aromatic heterocycles. The van der Waals surface area contributed by atoms with Crippen LogP contribution in [0.25, 0.3) is 0 Å². The quantitative estimate of drug-likeness (QED) is 0.313. The van der Waals surface area contributed by atoms with Crippen molar-refractivity contribution in [2.75, 3.05) is 13.2 Å². The van der Waals surface area contributed by atoms with E-state index in [1.54, 1.807) is 5.32 Å². The molecular formula is C7H11NO5. The molecule has 0 aliphatic heterocycles. The molecule has 74 valence electrons. The van der Waals surface area contributed by atoms with Gasteiger partial charge in [-0.25, -0.2) is 9.59 Å². The van der Waals surface area contributed by atoms with Crippen molar-refractivity contribution in [2.24, 2.45) is 0 Å². The van der Waals surface area contributed by atoms with Gasteiger partial charge in [-0.1, -0.05) is 6.58 Å². The molecule has 0 fully saturated rings. The van der Waals surface area contributed by atoms with Crippen molar-refractivity contribution in [3.05, 3.63) is 12.3 Å². The molecule has 1 amide bonds. The number of hydrogen-bond acceptors (Lipinski definition) is 4. The molecule has 3 N–H and O–H groups in total. The molecule has 0 aliphatic carbocycles. The largest absolute Gasteiger partial charge is 0.465 e. The van der Waals surface area contributed by atoms with E-state index in [0.717, 1.165) is 0 Å². The van der Waals surface area contributed by atoms with Crippen molar-refractivity contribution in [1.29, 1.82) is 0 Å². The van der Waals surface area contributed by atoms with Crippen molar-refractivity contribution in [3.8, 4) is 0 Å². The zero-order valence-electron chi connectivity index (χ0n) is 6.95. The van der Waals surface area contributed by atoms with E-state index in [9.17, 15) is 9.59 Å². The fourth-order valence-corrected chi connectivity index (χ4v) is 0.497. The summed E-state index contributed by atoms with van der Waals surface area (Å²) in [6.45, 7) is 3.09. The zero-order chi connectivity index (χ0) is 10.3. The summed E-state index contributed by atoms with van der Waals surface area (Å²) >= 11 is 0. The number of amides is 1. The summed E-state index contributed by atoms with van der Waals surface area (Å²) in [5.74, 6) is -0.837. The minimum Gasteiger partial charge on any atom is -0.465 e. The van der Waals surface area contributed by atoms with Gasteiger partial charge in [-0.05, 0) is 0 Å². The lowest BCUT2D eigenvalue weighted by Gasteiger charge is -2.04. The van der Waals surface area contributed by atoms with Crippen LogP contribution >= 0.6 is 0 Å². The van der Waals surface area contributed by atoms with Gasteiger partial charge in [0.1, 0.15) is 5.70 Å². The number of ether oxygens (including phenoxy) is 1. The predicted molar refractivity (Wildman–Crippen MR) is 43.0 cm³/mol. The molecule has 0 heterocycles. The molecule has 0 unspecified atom stereocenters. The third kappa shape index (κ3) is 5.68. The third-order valence-corrected chi connectivity index (χ3v) is 1.04. The second kappa shape index (κ2) is 6.01. The first kappa shape index (κ1) is 11.4. The number of carboxylic acid groups (broad SMARTS) is 1. The van der Waals surface area contributed by atoms with E-state index in [2.05, 4.69) is 11.3 Å². The topological polar surface area (TPSA) is 95.9 Å². The van der Waals surface area contributed by atoms with Gasteiger partial charge in [-0.3, -0.25) is 5.32 Å². The standard InChI is InChI=1S/C7H11NO5/c1-5(8-7(11)12)6(10)13-4-2-3-9/h8-9H,1-4H2,(H,11,12). The first-order valence-electron chi connectivity index (χ1n) is 3.54. The molecule has 0 aromatic carbocycles. The molecule has 0 saturated heterocycles. The molecule has 0 radical (unpaired) electrons. The minimum atomic E-state index is -1.37. The van der Waals surface area contributed by atoms with Crippen LogP contribution in [0, 0.1) is 0 Å². The highest BCUT2D eigenvalue weighted by Gasteiger charge is 2.09. The van der Waals surface area contributed by atoms with Crippen molar-refractivity contribution in [3.63, 3.8) is 0 Å². The maximum absolute atomic E-state index is 10.8. The van der Waals surface area contributed by atoms with Crippen LogP contribution in [0.3, 0.4) is 0 Å². The summed E-state index contributed by atoms with van der Waals surface area (Å²) < 4.78 is 4.52. The fraction of sp³-hybridized carbons (Fsp3) is 0.429. The summed E-state index contributed by atoms with van der Waals surface area (Å²) in [5.41, 5.74) is -0.342. The summed E-state index contributed by atoms with van der Waals surface area (Å²) in [4.78, 5) is 20.8. The smallest absolute Gasteiger partial charge is 0.409 e. The molecule has 0 bridgehead atoms. The SMILES string of the molecule is C=C(NC(=O)O)C(=O)OCCCO. The van der Waals surface area contributed by atoms with Gasteiger partial charge in [0.2, 0.25) is 0 Å². The number of aliphatic hydroxyl groups is 1. The van der Waals surface area contributed by atoms with E-state index >= 15 is 0 Å². The molecular weight excluding hydrogens is 178 g/mol. The molecule has 0 rings (SSSR count). The van der Waals surface area contributed by atoms with Crippen molar-refractivity contribution < 1.29 is 24.5 Å². The van der Waals surface area contributed by atoms with E-state index in [1.807, 2.05) is 0 Å². The van der Waals surface area contributed by atoms with Gasteiger partial charge in [0.05, 0.1) is 6.61 Å². The number of carbonyl (C=O) groups excluding carboxylic acids is 1. The molecule has 0 aliphatic rings. The number of rotatable bonds is 5. The number of nitrogens with one attached hydrogen (secondary N) is 1. The van der Waals surface area contributed by atoms with Crippen LogP contribution in [0.4, 0.5) is 4.79 Å². The zero-order valence-corrected chi connectivity index (χ0v) is 6.95. The Labute approximate surface area is 74.8 Å². The maximum Gasteiger partial charge on any atom is 0.409 e. The highest BCUT2D eigenvalue weighted by Crippen LogP contribution is 1.91. The van der Waals surface area contributed by atoms with Crippen LogP contribution < -0.4 is 5.32 Å². The lowest BCUT2D eigenvalue weighted by molar-refractivity contribution is -0.139. The summed E-state index contributed by atoms with van der Waals surface area (Å²) in [5, 5.41) is 18.3. The van der Waals surface area contributed by atoms with Crippen LogP contribution in [-0.2, 0) is 9.53 Å². The summed E-state index contributed by atoms with van der Waals surface area (Å²) in [6, 6.07) is 0. The Morgan fingerprint density at radius 2 is 2.08 bits per heavy atom. The fourth-order valence-electron chi connectivity index (χ4n) is 0.497. The second-order valence-electron chi connectivity index (χ2n) is 2.12. The van der Waals surface area contributed by atoms with Gasteiger partial charge < -0.3 is 14.9 Å². The summed E-state index contributed by atoms with van der Waals surface area (Å²) in [7, 11) is 0. The van der Waals surface area contributed by atoms with Gasteiger partial charge in [-0.2, -0.15) is 0 Å². The average molecular weight is 189 g/mol. The van der Waals surface area contributed by atoms with Crippen LogP contribution in [-0.4, -0.2) is 35.5 Å². The first-order chi connectivity index (χ1) is 6.07. The monoisotopic (exact) mass is 189 g/mol. The van der Waals surface area contributed by atoms with Crippen LogP contribution in [0.1, 0.15) is 6.42 Å².